The first-order valence-corrected chi connectivity index (χ1v) is 9.31. The van der Waals surface area contributed by atoms with Crippen molar-refractivity contribution in [3.05, 3.63) is 54.4 Å². The van der Waals surface area contributed by atoms with Crippen LogP contribution in [-0.4, -0.2) is 35.0 Å². The molecule has 0 aliphatic heterocycles. The maximum Gasteiger partial charge on any atom is 0.255 e. The van der Waals surface area contributed by atoms with Crippen LogP contribution in [0.4, 0.5) is 11.4 Å². The summed E-state index contributed by atoms with van der Waals surface area (Å²) in [4.78, 5) is 29.2. The van der Waals surface area contributed by atoms with E-state index in [-0.39, 0.29) is 42.7 Å². The second-order valence-corrected chi connectivity index (χ2v) is 7.57. The van der Waals surface area contributed by atoms with E-state index in [9.17, 15) is 9.59 Å². The van der Waals surface area contributed by atoms with Crippen LogP contribution in [0.2, 0.25) is 0 Å². The van der Waals surface area contributed by atoms with E-state index in [2.05, 4.69) is 15.6 Å². The van der Waals surface area contributed by atoms with Gasteiger partial charge in [-0.2, -0.15) is 0 Å². The summed E-state index contributed by atoms with van der Waals surface area (Å²) in [5.74, 6) is -0.551. The summed E-state index contributed by atoms with van der Waals surface area (Å²) in [6.07, 6.45) is 3.61. The van der Waals surface area contributed by atoms with Gasteiger partial charge in [-0.15, -0.1) is 24.8 Å². The predicted octanol–water partition coefficient (Wildman–Crippen LogP) is 3.65. The zero-order chi connectivity index (χ0) is 20.4. The van der Waals surface area contributed by atoms with Crippen LogP contribution in [0.15, 0.2) is 48.8 Å². The number of benzene rings is 1. The molecule has 3 rings (SSSR count). The van der Waals surface area contributed by atoms with Gasteiger partial charge in [0.15, 0.2) is 0 Å². The molecule has 1 heterocycles. The molecular weight excluding hydrogens is 427 g/mol. The van der Waals surface area contributed by atoms with E-state index in [1.54, 1.807) is 48.8 Å². The summed E-state index contributed by atoms with van der Waals surface area (Å²) in [6.45, 7) is 6.39. The van der Waals surface area contributed by atoms with Crippen molar-refractivity contribution < 1.29 is 14.3 Å². The van der Waals surface area contributed by atoms with E-state index in [4.69, 9.17) is 10.5 Å². The van der Waals surface area contributed by atoms with Crippen molar-refractivity contribution in [1.82, 2.24) is 4.98 Å². The third kappa shape index (κ3) is 4.92. The summed E-state index contributed by atoms with van der Waals surface area (Å²) in [5, 5.41) is 5.64. The van der Waals surface area contributed by atoms with Gasteiger partial charge in [-0.1, -0.05) is 19.9 Å². The number of hydrogen-bond donors (Lipinski definition) is 3. The number of pyridine rings is 1. The van der Waals surface area contributed by atoms with Gasteiger partial charge in [0.2, 0.25) is 5.91 Å². The first kappa shape index (κ1) is 25.8. The molecule has 1 aromatic carbocycles. The number of rotatable bonds is 6. The van der Waals surface area contributed by atoms with Crippen LogP contribution in [-0.2, 0) is 9.53 Å². The Bertz CT molecular complexity index is 880. The van der Waals surface area contributed by atoms with Crippen LogP contribution in [0, 0.1) is 5.41 Å². The van der Waals surface area contributed by atoms with E-state index in [1.807, 2.05) is 20.8 Å². The van der Waals surface area contributed by atoms with Gasteiger partial charge < -0.3 is 21.1 Å². The molecule has 9 heteroatoms. The molecule has 1 aliphatic carbocycles. The van der Waals surface area contributed by atoms with Gasteiger partial charge in [-0.05, 0) is 37.3 Å². The van der Waals surface area contributed by atoms with Crippen LogP contribution < -0.4 is 16.4 Å². The number of halogens is 2. The molecule has 0 bridgehead atoms. The summed E-state index contributed by atoms with van der Waals surface area (Å²) in [6, 6.07) is 10.2. The highest BCUT2D eigenvalue weighted by Gasteiger charge is 2.62. The quantitative estimate of drug-likeness (QED) is 0.617. The Morgan fingerprint density at radius 2 is 1.80 bits per heavy atom. The third-order valence-corrected chi connectivity index (χ3v) is 5.56. The van der Waals surface area contributed by atoms with Crippen molar-refractivity contribution >= 4 is 48.0 Å². The van der Waals surface area contributed by atoms with Crippen LogP contribution in [0.1, 0.15) is 37.6 Å². The van der Waals surface area contributed by atoms with Crippen molar-refractivity contribution in [2.24, 2.45) is 11.1 Å². The SMILES string of the molecule is CCOC1CC(N)(C(=O)Nc2cccc(C(=O)Nc3ccncc3)c2)C1(C)C.Cl.Cl. The second kappa shape index (κ2) is 10.2. The maximum absolute atomic E-state index is 12.9. The van der Waals surface area contributed by atoms with Gasteiger partial charge >= 0.3 is 0 Å². The minimum absolute atomic E-state index is 0. The van der Waals surface area contributed by atoms with E-state index in [0.717, 1.165) is 0 Å². The zero-order valence-corrected chi connectivity index (χ0v) is 18.8. The van der Waals surface area contributed by atoms with Gasteiger partial charge in [0, 0.05) is 47.8 Å². The Kier molecular flexibility index (Phi) is 8.80. The van der Waals surface area contributed by atoms with Crippen LogP contribution in [0.25, 0.3) is 0 Å². The van der Waals surface area contributed by atoms with E-state index in [1.165, 1.54) is 0 Å². The topological polar surface area (TPSA) is 106 Å². The molecule has 2 atom stereocenters. The standard InChI is InChI=1S/C21H26N4O3.2ClH/c1-4-28-17-13-21(22,20(17,2)3)19(27)25-16-7-5-6-14(12-16)18(26)24-15-8-10-23-11-9-15;;/h5-12,17H,4,13,22H2,1-3H3,(H,25,27)(H,23,24,26);2*1H. The molecule has 30 heavy (non-hydrogen) atoms. The highest BCUT2D eigenvalue weighted by Crippen LogP contribution is 2.50. The average molecular weight is 455 g/mol. The molecule has 1 fully saturated rings. The van der Waals surface area contributed by atoms with Gasteiger partial charge in [0.1, 0.15) is 5.54 Å². The molecule has 4 N–H and O–H groups in total. The second-order valence-electron chi connectivity index (χ2n) is 7.57. The molecule has 0 spiro atoms. The molecule has 0 saturated heterocycles. The van der Waals surface area contributed by atoms with Crippen molar-refractivity contribution in [3.8, 4) is 0 Å². The van der Waals surface area contributed by atoms with Crippen molar-refractivity contribution in [1.29, 1.82) is 0 Å². The highest BCUT2D eigenvalue weighted by molar-refractivity contribution is 6.06. The fraction of sp³-hybridized carbons (Fsp3) is 0.381. The van der Waals surface area contributed by atoms with Crippen LogP contribution >= 0.6 is 24.8 Å². The molecule has 164 valence electrons. The van der Waals surface area contributed by atoms with Gasteiger partial charge in [0.25, 0.3) is 5.91 Å². The monoisotopic (exact) mass is 454 g/mol. The summed E-state index contributed by atoms with van der Waals surface area (Å²) < 4.78 is 5.68. The lowest BCUT2D eigenvalue weighted by molar-refractivity contribution is -0.166. The van der Waals surface area contributed by atoms with E-state index >= 15 is 0 Å². The smallest absolute Gasteiger partial charge is 0.255 e. The summed E-state index contributed by atoms with van der Waals surface area (Å²) in [5.41, 5.74) is 6.51. The fourth-order valence-corrected chi connectivity index (χ4v) is 3.44. The van der Waals surface area contributed by atoms with Gasteiger partial charge in [0.05, 0.1) is 6.10 Å². The number of carbonyl (C=O) groups is 2. The fourth-order valence-electron chi connectivity index (χ4n) is 3.44. The number of nitrogens with two attached hydrogens (primary N) is 1. The molecular formula is C21H28Cl2N4O3. The lowest BCUT2D eigenvalue weighted by Crippen LogP contribution is -2.74. The number of nitrogens with one attached hydrogen (secondary N) is 2. The summed E-state index contributed by atoms with van der Waals surface area (Å²) >= 11 is 0. The third-order valence-electron chi connectivity index (χ3n) is 5.56. The Morgan fingerprint density at radius 3 is 2.40 bits per heavy atom. The Labute approximate surface area is 189 Å². The number of ether oxygens (including phenoxy) is 1. The normalized spacial score (nSPS) is 21.3. The molecule has 2 aromatic rings. The highest BCUT2D eigenvalue weighted by atomic mass is 35.5. The number of amides is 2. The number of anilines is 2. The molecule has 7 nitrogen and oxygen atoms in total. The van der Waals surface area contributed by atoms with Gasteiger partial charge in [-0.3, -0.25) is 14.6 Å². The van der Waals surface area contributed by atoms with Gasteiger partial charge in [-0.25, -0.2) is 0 Å². The Morgan fingerprint density at radius 1 is 1.13 bits per heavy atom. The summed E-state index contributed by atoms with van der Waals surface area (Å²) in [7, 11) is 0. The molecule has 0 radical (unpaired) electrons. The first-order chi connectivity index (χ1) is 13.3. The van der Waals surface area contributed by atoms with Crippen LogP contribution in [0.5, 0.6) is 0 Å². The van der Waals surface area contributed by atoms with Crippen molar-refractivity contribution in [2.75, 3.05) is 17.2 Å². The minimum atomic E-state index is -1.03. The average Bonchev–Trinajstić information content (AvgIpc) is 2.68. The number of aromatic nitrogens is 1. The molecule has 1 aromatic heterocycles. The number of carbonyl (C=O) groups excluding carboxylic acids is 2. The molecule has 1 saturated carbocycles. The molecule has 2 amide bonds. The number of nitrogens with zero attached hydrogens (tertiary/aromatic N) is 1. The number of hydrogen-bond acceptors (Lipinski definition) is 5. The molecule has 2 unspecified atom stereocenters. The Hall–Kier alpha value is -2.19. The predicted molar refractivity (Wildman–Crippen MR) is 122 cm³/mol. The van der Waals surface area contributed by atoms with E-state index < -0.39 is 11.0 Å². The van der Waals surface area contributed by atoms with Crippen molar-refractivity contribution in [3.63, 3.8) is 0 Å². The maximum atomic E-state index is 12.9. The van der Waals surface area contributed by atoms with E-state index in [0.29, 0.717) is 30.0 Å². The van der Waals surface area contributed by atoms with Crippen LogP contribution in [0.3, 0.4) is 0 Å². The Balaban J connectivity index is 0.00000225. The first-order valence-electron chi connectivity index (χ1n) is 9.31. The van der Waals surface area contributed by atoms with Crippen molar-refractivity contribution in [2.45, 2.75) is 38.8 Å². The lowest BCUT2D eigenvalue weighted by Gasteiger charge is -2.57. The zero-order valence-electron chi connectivity index (χ0n) is 17.2. The lowest BCUT2D eigenvalue weighted by atomic mass is 9.54. The minimum Gasteiger partial charge on any atom is -0.378 e. The molecule has 1 aliphatic rings. The largest absolute Gasteiger partial charge is 0.378 e.